The standard InChI is InChI=1S/C9H18N2O/c1-3-10-9(12)6-11-8-4-7(2)5-8/h7-8,11H,3-6H2,1-2H3,(H,10,12). The van der Waals surface area contributed by atoms with Crippen LogP contribution in [-0.2, 0) is 4.79 Å². The van der Waals surface area contributed by atoms with Gasteiger partial charge >= 0.3 is 0 Å². The lowest BCUT2D eigenvalue weighted by Crippen LogP contribution is -2.45. The second kappa shape index (κ2) is 4.45. The van der Waals surface area contributed by atoms with E-state index in [9.17, 15) is 4.79 Å². The molecule has 0 aromatic carbocycles. The largest absolute Gasteiger partial charge is 0.355 e. The molecule has 12 heavy (non-hydrogen) atoms. The van der Waals surface area contributed by atoms with Crippen molar-refractivity contribution in [2.24, 2.45) is 5.92 Å². The van der Waals surface area contributed by atoms with Crippen LogP contribution in [0.3, 0.4) is 0 Å². The second-order valence-electron chi connectivity index (χ2n) is 3.61. The van der Waals surface area contributed by atoms with Crippen molar-refractivity contribution in [3.05, 3.63) is 0 Å². The van der Waals surface area contributed by atoms with Crippen LogP contribution in [0.1, 0.15) is 26.7 Å². The summed E-state index contributed by atoms with van der Waals surface area (Å²) in [6.07, 6.45) is 2.44. The Bertz CT molecular complexity index is 153. The molecule has 0 atom stereocenters. The predicted molar refractivity (Wildman–Crippen MR) is 48.9 cm³/mol. The van der Waals surface area contributed by atoms with Crippen LogP contribution in [0.2, 0.25) is 0 Å². The number of rotatable bonds is 4. The molecular formula is C9H18N2O. The highest BCUT2D eigenvalue weighted by atomic mass is 16.1. The average Bonchev–Trinajstić information content (AvgIpc) is 1.96. The minimum absolute atomic E-state index is 0.108. The van der Waals surface area contributed by atoms with E-state index in [2.05, 4.69) is 17.6 Å². The summed E-state index contributed by atoms with van der Waals surface area (Å²) in [5.41, 5.74) is 0. The number of carbonyl (C=O) groups excluding carboxylic acids is 1. The Balaban J connectivity index is 1.98. The number of nitrogens with one attached hydrogen (secondary N) is 2. The molecule has 0 aromatic rings. The van der Waals surface area contributed by atoms with Gasteiger partial charge in [0.2, 0.25) is 5.91 Å². The van der Waals surface area contributed by atoms with Gasteiger partial charge in [0.15, 0.2) is 0 Å². The summed E-state index contributed by atoms with van der Waals surface area (Å²) in [6.45, 7) is 5.38. The molecule has 3 nitrogen and oxygen atoms in total. The molecule has 0 unspecified atom stereocenters. The van der Waals surface area contributed by atoms with Crippen molar-refractivity contribution in [1.82, 2.24) is 10.6 Å². The number of hydrogen-bond donors (Lipinski definition) is 2. The fourth-order valence-corrected chi connectivity index (χ4v) is 1.57. The van der Waals surface area contributed by atoms with Crippen LogP contribution in [-0.4, -0.2) is 25.0 Å². The van der Waals surface area contributed by atoms with Gasteiger partial charge in [0.05, 0.1) is 6.54 Å². The maximum absolute atomic E-state index is 11.0. The van der Waals surface area contributed by atoms with E-state index in [1.807, 2.05) is 6.92 Å². The van der Waals surface area contributed by atoms with Crippen molar-refractivity contribution in [3.8, 4) is 0 Å². The highest BCUT2D eigenvalue weighted by Gasteiger charge is 2.24. The molecule has 2 N–H and O–H groups in total. The second-order valence-corrected chi connectivity index (χ2v) is 3.61. The number of likely N-dealkylation sites (N-methyl/N-ethyl adjacent to an activating group) is 1. The van der Waals surface area contributed by atoms with E-state index < -0.39 is 0 Å². The molecule has 1 aliphatic rings. The van der Waals surface area contributed by atoms with Crippen LogP contribution in [0, 0.1) is 5.92 Å². The van der Waals surface area contributed by atoms with Gasteiger partial charge in [-0.15, -0.1) is 0 Å². The molecule has 1 saturated carbocycles. The Hall–Kier alpha value is -0.570. The highest BCUT2D eigenvalue weighted by Crippen LogP contribution is 2.25. The summed E-state index contributed by atoms with van der Waals surface area (Å²) in [4.78, 5) is 11.0. The van der Waals surface area contributed by atoms with Gasteiger partial charge in [-0.3, -0.25) is 4.79 Å². The molecule has 0 aliphatic heterocycles. The van der Waals surface area contributed by atoms with Gasteiger partial charge in [-0.25, -0.2) is 0 Å². The maximum Gasteiger partial charge on any atom is 0.233 e. The number of hydrogen-bond acceptors (Lipinski definition) is 2. The first-order valence-electron chi connectivity index (χ1n) is 4.72. The molecule has 3 heteroatoms. The third kappa shape index (κ3) is 2.81. The van der Waals surface area contributed by atoms with Gasteiger partial charge < -0.3 is 10.6 Å². The fraction of sp³-hybridized carbons (Fsp3) is 0.889. The summed E-state index contributed by atoms with van der Waals surface area (Å²) in [6, 6.07) is 0.586. The normalized spacial score (nSPS) is 27.8. The molecule has 0 saturated heterocycles. The minimum Gasteiger partial charge on any atom is -0.355 e. The lowest BCUT2D eigenvalue weighted by molar-refractivity contribution is -0.120. The van der Waals surface area contributed by atoms with Crippen molar-refractivity contribution in [1.29, 1.82) is 0 Å². The van der Waals surface area contributed by atoms with Crippen LogP contribution in [0.5, 0.6) is 0 Å². The van der Waals surface area contributed by atoms with Crippen molar-refractivity contribution in [2.45, 2.75) is 32.7 Å². The zero-order chi connectivity index (χ0) is 8.97. The van der Waals surface area contributed by atoms with Gasteiger partial charge in [-0.2, -0.15) is 0 Å². The van der Waals surface area contributed by atoms with E-state index in [0.717, 1.165) is 12.5 Å². The van der Waals surface area contributed by atoms with Crippen molar-refractivity contribution >= 4 is 5.91 Å². The lowest BCUT2D eigenvalue weighted by Gasteiger charge is -2.33. The Morgan fingerprint density at radius 2 is 2.17 bits per heavy atom. The van der Waals surface area contributed by atoms with Crippen LogP contribution in [0.25, 0.3) is 0 Å². The van der Waals surface area contributed by atoms with Crippen LogP contribution in [0.15, 0.2) is 0 Å². The summed E-state index contributed by atoms with van der Waals surface area (Å²) < 4.78 is 0. The first kappa shape index (κ1) is 9.52. The molecule has 0 radical (unpaired) electrons. The number of carbonyl (C=O) groups is 1. The van der Waals surface area contributed by atoms with E-state index in [1.54, 1.807) is 0 Å². The topological polar surface area (TPSA) is 41.1 Å². The molecular weight excluding hydrogens is 152 g/mol. The zero-order valence-corrected chi connectivity index (χ0v) is 7.89. The molecule has 1 aliphatic carbocycles. The summed E-state index contributed by atoms with van der Waals surface area (Å²) in [5, 5.41) is 5.98. The molecule has 1 amide bonds. The van der Waals surface area contributed by atoms with Gasteiger partial charge in [-0.05, 0) is 25.7 Å². The zero-order valence-electron chi connectivity index (χ0n) is 7.89. The van der Waals surface area contributed by atoms with E-state index in [-0.39, 0.29) is 5.91 Å². The van der Waals surface area contributed by atoms with Crippen molar-refractivity contribution < 1.29 is 4.79 Å². The van der Waals surface area contributed by atoms with E-state index >= 15 is 0 Å². The van der Waals surface area contributed by atoms with Crippen molar-refractivity contribution in [3.63, 3.8) is 0 Å². The maximum atomic E-state index is 11.0. The van der Waals surface area contributed by atoms with Gasteiger partial charge in [-0.1, -0.05) is 6.92 Å². The minimum atomic E-state index is 0.108. The monoisotopic (exact) mass is 170 g/mol. The molecule has 0 spiro atoms. The van der Waals surface area contributed by atoms with Crippen LogP contribution >= 0.6 is 0 Å². The van der Waals surface area contributed by atoms with E-state index in [0.29, 0.717) is 12.6 Å². The first-order valence-corrected chi connectivity index (χ1v) is 4.72. The van der Waals surface area contributed by atoms with E-state index in [4.69, 9.17) is 0 Å². The lowest BCUT2D eigenvalue weighted by atomic mass is 9.82. The predicted octanol–water partition coefficient (Wildman–Crippen LogP) is 0.511. The van der Waals surface area contributed by atoms with Gasteiger partial charge in [0, 0.05) is 12.6 Å². The Kier molecular flexibility index (Phi) is 3.53. The SMILES string of the molecule is CCNC(=O)CNC1CC(C)C1. The van der Waals surface area contributed by atoms with Gasteiger partial charge in [0.25, 0.3) is 0 Å². The Morgan fingerprint density at radius 3 is 2.67 bits per heavy atom. The average molecular weight is 170 g/mol. The third-order valence-electron chi connectivity index (χ3n) is 2.30. The first-order chi connectivity index (χ1) is 5.72. The molecule has 0 bridgehead atoms. The molecule has 1 fully saturated rings. The Labute approximate surface area is 73.9 Å². The molecule has 1 rings (SSSR count). The third-order valence-corrected chi connectivity index (χ3v) is 2.30. The van der Waals surface area contributed by atoms with Gasteiger partial charge in [0.1, 0.15) is 0 Å². The molecule has 0 aromatic heterocycles. The number of amides is 1. The van der Waals surface area contributed by atoms with Crippen LogP contribution in [0.4, 0.5) is 0 Å². The van der Waals surface area contributed by atoms with Crippen LogP contribution < -0.4 is 10.6 Å². The smallest absolute Gasteiger partial charge is 0.233 e. The highest BCUT2D eigenvalue weighted by molar-refractivity contribution is 5.77. The molecule has 0 heterocycles. The quantitative estimate of drug-likeness (QED) is 0.645. The van der Waals surface area contributed by atoms with Crippen molar-refractivity contribution in [2.75, 3.05) is 13.1 Å². The molecule has 70 valence electrons. The summed E-state index contributed by atoms with van der Waals surface area (Å²) in [5.74, 6) is 0.953. The Morgan fingerprint density at radius 1 is 1.50 bits per heavy atom. The van der Waals surface area contributed by atoms with E-state index in [1.165, 1.54) is 12.8 Å². The summed E-state index contributed by atoms with van der Waals surface area (Å²) >= 11 is 0. The fourth-order valence-electron chi connectivity index (χ4n) is 1.57. The summed E-state index contributed by atoms with van der Waals surface area (Å²) in [7, 11) is 0.